The molecule has 3 N–H and O–H groups in total. The lowest BCUT2D eigenvalue weighted by atomic mass is 10.00. The Morgan fingerprint density at radius 1 is 1.45 bits per heavy atom. The van der Waals surface area contributed by atoms with E-state index in [2.05, 4.69) is 5.32 Å². The van der Waals surface area contributed by atoms with Crippen molar-refractivity contribution in [1.82, 2.24) is 5.32 Å². The average molecular weight is 281 g/mol. The van der Waals surface area contributed by atoms with E-state index in [-0.39, 0.29) is 12.5 Å². The molecule has 0 radical (unpaired) electrons. The normalized spacial score (nSPS) is 13.8. The Bertz CT molecular complexity index is 447. The molecule has 2 atom stereocenters. The molecule has 5 heteroatoms. The van der Waals surface area contributed by atoms with Crippen molar-refractivity contribution in [2.24, 2.45) is 0 Å². The van der Waals surface area contributed by atoms with Gasteiger partial charge in [0.1, 0.15) is 5.75 Å². The molecule has 112 valence electrons. The number of aryl methyl sites for hydroxylation is 1. The highest BCUT2D eigenvalue weighted by atomic mass is 16.5. The number of carboxylic acid groups (broad SMARTS) is 1. The summed E-state index contributed by atoms with van der Waals surface area (Å²) in [5, 5.41) is 22.0. The number of nitrogens with one attached hydrogen (secondary N) is 1. The topological polar surface area (TPSA) is 78.8 Å². The van der Waals surface area contributed by atoms with Gasteiger partial charge in [-0.1, -0.05) is 11.6 Å². The van der Waals surface area contributed by atoms with Crippen molar-refractivity contribution >= 4 is 5.97 Å². The molecule has 0 aliphatic heterocycles. The van der Waals surface area contributed by atoms with E-state index < -0.39 is 12.1 Å². The van der Waals surface area contributed by atoms with Gasteiger partial charge in [-0.05, 0) is 32.9 Å². The first-order chi connectivity index (χ1) is 9.45. The second kappa shape index (κ2) is 7.87. The molecule has 0 heterocycles. The Labute approximate surface area is 119 Å². The van der Waals surface area contributed by atoms with Gasteiger partial charge in [-0.3, -0.25) is 4.79 Å². The van der Waals surface area contributed by atoms with Crippen LogP contribution in [0.2, 0.25) is 0 Å². The van der Waals surface area contributed by atoms with Gasteiger partial charge in [-0.2, -0.15) is 0 Å². The fourth-order valence-corrected chi connectivity index (χ4v) is 1.97. The van der Waals surface area contributed by atoms with Gasteiger partial charge in [0.2, 0.25) is 0 Å². The SMILES string of the molecule is CCOc1ccc(C)cc1C(O)C(C)NCCC(=O)O. The fourth-order valence-electron chi connectivity index (χ4n) is 1.97. The van der Waals surface area contributed by atoms with Crippen molar-refractivity contribution in [1.29, 1.82) is 0 Å². The Morgan fingerprint density at radius 2 is 2.15 bits per heavy atom. The first-order valence-electron chi connectivity index (χ1n) is 6.82. The van der Waals surface area contributed by atoms with Crippen LogP contribution in [-0.4, -0.2) is 35.4 Å². The van der Waals surface area contributed by atoms with E-state index in [0.717, 1.165) is 11.1 Å². The number of aliphatic hydroxyl groups is 1. The number of carbonyl (C=O) groups is 1. The van der Waals surface area contributed by atoms with Gasteiger partial charge in [-0.25, -0.2) is 0 Å². The van der Waals surface area contributed by atoms with E-state index in [9.17, 15) is 9.90 Å². The largest absolute Gasteiger partial charge is 0.493 e. The number of hydrogen-bond donors (Lipinski definition) is 3. The van der Waals surface area contributed by atoms with Crippen molar-refractivity contribution in [3.05, 3.63) is 29.3 Å². The van der Waals surface area contributed by atoms with Crippen LogP contribution in [0.1, 0.15) is 37.5 Å². The van der Waals surface area contributed by atoms with Gasteiger partial charge in [0, 0.05) is 18.2 Å². The zero-order valence-corrected chi connectivity index (χ0v) is 12.2. The van der Waals surface area contributed by atoms with Gasteiger partial charge in [-0.15, -0.1) is 0 Å². The zero-order chi connectivity index (χ0) is 15.1. The lowest BCUT2D eigenvalue weighted by molar-refractivity contribution is -0.136. The van der Waals surface area contributed by atoms with Crippen LogP contribution in [0.3, 0.4) is 0 Å². The third-order valence-corrected chi connectivity index (χ3v) is 3.06. The van der Waals surface area contributed by atoms with E-state index in [0.29, 0.717) is 18.9 Å². The molecule has 0 fully saturated rings. The monoisotopic (exact) mass is 281 g/mol. The summed E-state index contributed by atoms with van der Waals surface area (Å²) in [6.45, 7) is 6.52. The highest BCUT2D eigenvalue weighted by Gasteiger charge is 2.20. The maximum atomic E-state index is 10.5. The minimum Gasteiger partial charge on any atom is -0.493 e. The summed E-state index contributed by atoms with van der Waals surface area (Å²) in [5.74, 6) is -0.192. The molecule has 0 saturated heterocycles. The number of ether oxygens (including phenoxy) is 1. The van der Waals surface area contributed by atoms with Gasteiger partial charge in [0.05, 0.1) is 19.1 Å². The molecule has 5 nitrogen and oxygen atoms in total. The van der Waals surface area contributed by atoms with Crippen LogP contribution in [-0.2, 0) is 4.79 Å². The third kappa shape index (κ3) is 4.83. The summed E-state index contributed by atoms with van der Waals surface area (Å²) in [7, 11) is 0. The van der Waals surface area contributed by atoms with Crippen LogP contribution in [0, 0.1) is 6.92 Å². The van der Waals surface area contributed by atoms with Crippen LogP contribution in [0.4, 0.5) is 0 Å². The summed E-state index contributed by atoms with van der Waals surface area (Å²) in [4.78, 5) is 10.5. The minimum absolute atomic E-state index is 0.0309. The molecule has 0 amide bonds. The molecule has 2 unspecified atom stereocenters. The van der Waals surface area contributed by atoms with Gasteiger partial charge in [0.15, 0.2) is 0 Å². The lowest BCUT2D eigenvalue weighted by Crippen LogP contribution is -2.34. The van der Waals surface area contributed by atoms with E-state index >= 15 is 0 Å². The van der Waals surface area contributed by atoms with E-state index in [1.54, 1.807) is 0 Å². The Kier molecular flexibility index (Phi) is 6.48. The average Bonchev–Trinajstić information content (AvgIpc) is 2.39. The van der Waals surface area contributed by atoms with Crippen LogP contribution in [0.25, 0.3) is 0 Å². The highest BCUT2D eigenvalue weighted by molar-refractivity contribution is 5.66. The molecular weight excluding hydrogens is 258 g/mol. The van der Waals surface area contributed by atoms with Crippen LogP contribution < -0.4 is 10.1 Å². The van der Waals surface area contributed by atoms with Gasteiger partial charge in [0.25, 0.3) is 0 Å². The molecule has 0 aromatic heterocycles. The number of aliphatic carboxylic acids is 1. The number of aliphatic hydroxyl groups excluding tert-OH is 1. The third-order valence-electron chi connectivity index (χ3n) is 3.06. The molecule has 0 aliphatic rings. The number of hydrogen-bond acceptors (Lipinski definition) is 4. The molecule has 1 aromatic carbocycles. The Balaban J connectivity index is 2.76. The summed E-state index contributed by atoms with van der Waals surface area (Å²) in [5.41, 5.74) is 1.77. The lowest BCUT2D eigenvalue weighted by Gasteiger charge is -2.23. The molecule has 0 saturated carbocycles. The molecular formula is C15H23NO4. The van der Waals surface area contributed by atoms with Crippen LogP contribution in [0.5, 0.6) is 5.75 Å². The van der Waals surface area contributed by atoms with Crippen molar-refractivity contribution in [3.63, 3.8) is 0 Å². The number of carboxylic acids is 1. The van der Waals surface area contributed by atoms with E-state index in [4.69, 9.17) is 9.84 Å². The number of benzene rings is 1. The summed E-state index contributed by atoms with van der Waals surface area (Å²) in [6.07, 6.45) is -0.714. The van der Waals surface area contributed by atoms with Crippen molar-refractivity contribution < 1.29 is 19.7 Å². The summed E-state index contributed by atoms with van der Waals surface area (Å²) >= 11 is 0. The molecule has 0 spiro atoms. The standard InChI is InChI=1S/C15H23NO4/c1-4-20-13-6-5-10(2)9-12(13)15(19)11(3)16-8-7-14(17)18/h5-6,9,11,15-16,19H,4,7-8H2,1-3H3,(H,17,18). The molecule has 1 rings (SSSR count). The highest BCUT2D eigenvalue weighted by Crippen LogP contribution is 2.28. The van der Waals surface area contributed by atoms with E-state index in [1.165, 1.54) is 0 Å². The van der Waals surface area contributed by atoms with Gasteiger partial charge >= 0.3 is 5.97 Å². The van der Waals surface area contributed by atoms with Gasteiger partial charge < -0.3 is 20.3 Å². The van der Waals surface area contributed by atoms with Crippen LogP contribution in [0.15, 0.2) is 18.2 Å². The zero-order valence-electron chi connectivity index (χ0n) is 12.2. The molecule has 0 aliphatic carbocycles. The predicted octanol–water partition coefficient (Wildman–Crippen LogP) is 1.88. The maximum Gasteiger partial charge on any atom is 0.304 e. The Hall–Kier alpha value is -1.59. The molecule has 20 heavy (non-hydrogen) atoms. The first-order valence-corrected chi connectivity index (χ1v) is 6.82. The quantitative estimate of drug-likeness (QED) is 0.678. The summed E-state index contributed by atoms with van der Waals surface area (Å²) in [6, 6.07) is 5.42. The molecule has 1 aromatic rings. The van der Waals surface area contributed by atoms with Crippen molar-refractivity contribution in [3.8, 4) is 5.75 Å². The van der Waals surface area contributed by atoms with E-state index in [1.807, 2.05) is 39.0 Å². The van der Waals surface area contributed by atoms with Crippen LogP contribution >= 0.6 is 0 Å². The second-order valence-corrected chi connectivity index (χ2v) is 4.81. The smallest absolute Gasteiger partial charge is 0.304 e. The van der Waals surface area contributed by atoms with Crippen molar-refractivity contribution in [2.75, 3.05) is 13.2 Å². The molecule has 0 bridgehead atoms. The fraction of sp³-hybridized carbons (Fsp3) is 0.533. The minimum atomic E-state index is -0.857. The Morgan fingerprint density at radius 3 is 2.75 bits per heavy atom. The summed E-state index contributed by atoms with van der Waals surface area (Å²) < 4.78 is 5.52. The van der Waals surface area contributed by atoms with Crippen molar-refractivity contribution in [2.45, 2.75) is 39.3 Å². The predicted molar refractivity (Wildman–Crippen MR) is 77.0 cm³/mol. The first kappa shape index (κ1) is 16.5. The number of rotatable bonds is 8. The maximum absolute atomic E-state index is 10.5. The second-order valence-electron chi connectivity index (χ2n) is 4.81.